The van der Waals surface area contributed by atoms with E-state index < -0.39 is 17.9 Å². The van der Waals surface area contributed by atoms with Crippen molar-refractivity contribution in [3.05, 3.63) is 0 Å². The van der Waals surface area contributed by atoms with Crippen LogP contribution in [0.2, 0.25) is 0 Å². The van der Waals surface area contributed by atoms with Gasteiger partial charge in [-0.05, 0) is 47.0 Å². The maximum Gasteiger partial charge on any atom is 0.320 e. The van der Waals surface area contributed by atoms with E-state index in [9.17, 15) is 9.59 Å². The molecule has 0 aliphatic carbocycles. The van der Waals surface area contributed by atoms with Crippen LogP contribution in [0.15, 0.2) is 0 Å². The third-order valence-electron chi connectivity index (χ3n) is 2.17. The molecule has 0 aliphatic heterocycles. The van der Waals surface area contributed by atoms with Crippen LogP contribution >= 0.6 is 0 Å². The lowest BCUT2D eigenvalue weighted by Gasteiger charge is -2.18. The summed E-state index contributed by atoms with van der Waals surface area (Å²) >= 11 is 0. The fraction of sp³-hybridized carbons (Fsp3) is 0.846. The molecule has 0 fully saturated rings. The Bertz CT molecular complexity index is 238. The number of hydrogen-bond donors (Lipinski definition) is 1. The third-order valence-corrected chi connectivity index (χ3v) is 2.17. The van der Waals surface area contributed by atoms with Crippen LogP contribution in [-0.2, 0) is 19.1 Å². The van der Waals surface area contributed by atoms with E-state index in [-0.39, 0.29) is 18.8 Å². The van der Waals surface area contributed by atoms with E-state index in [1.54, 1.807) is 27.7 Å². The summed E-state index contributed by atoms with van der Waals surface area (Å²) in [6.07, 6.45) is 0.967. The summed E-state index contributed by atoms with van der Waals surface area (Å²) in [5, 5.41) is 8.71. The lowest BCUT2D eigenvalue weighted by Crippen LogP contribution is -2.31. The van der Waals surface area contributed by atoms with Gasteiger partial charge in [-0.15, -0.1) is 0 Å². The molecule has 1 N–H and O–H groups in total. The highest BCUT2D eigenvalue weighted by atomic mass is 16.6. The van der Waals surface area contributed by atoms with Crippen LogP contribution in [0, 0.1) is 5.92 Å². The van der Waals surface area contributed by atoms with Crippen LogP contribution in [0.1, 0.15) is 47.0 Å². The highest BCUT2D eigenvalue weighted by molar-refractivity contribution is 5.95. The Morgan fingerprint density at radius 1 is 0.944 bits per heavy atom. The Morgan fingerprint density at radius 3 is 1.72 bits per heavy atom. The topological polar surface area (TPSA) is 72.8 Å². The van der Waals surface area contributed by atoms with E-state index in [4.69, 9.17) is 14.6 Å². The Labute approximate surface area is 108 Å². The quantitative estimate of drug-likeness (QED) is 0.408. The first-order chi connectivity index (χ1) is 8.38. The highest BCUT2D eigenvalue weighted by Crippen LogP contribution is 2.15. The molecule has 0 bridgehead atoms. The molecule has 0 aromatic carbocycles. The third kappa shape index (κ3) is 7.27. The number of rotatable bonds is 8. The summed E-state index contributed by atoms with van der Waals surface area (Å²) in [6.45, 7) is 6.98. The van der Waals surface area contributed by atoms with Gasteiger partial charge in [0.05, 0.1) is 12.2 Å². The lowest BCUT2D eigenvalue weighted by atomic mass is 10.0. The van der Waals surface area contributed by atoms with Crippen molar-refractivity contribution in [3.8, 4) is 0 Å². The minimum Gasteiger partial charge on any atom is -0.462 e. The number of aliphatic hydroxyl groups excluding tert-OH is 1. The predicted octanol–water partition coefficient (Wildman–Crippen LogP) is 1.67. The van der Waals surface area contributed by atoms with Crippen LogP contribution in [0.25, 0.3) is 0 Å². The minimum absolute atomic E-state index is 0.0468. The van der Waals surface area contributed by atoms with Gasteiger partial charge in [-0.2, -0.15) is 0 Å². The average molecular weight is 260 g/mol. The molecule has 0 atom stereocenters. The second-order valence-corrected chi connectivity index (χ2v) is 4.74. The molecule has 106 valence electrons. The summed E-state index contributed by atoms with van der Waals surface area (Å²) in [7, 11) is 0. The second kappa shape index (κ2) is 8.91. The first-order valence-electron chi connectivity index (χ1n) is 6.40. The molecule has 0 heterocycles. The highest BCUT2D eigenvalue weighted by Gasteiger charge is 2.30. The molecule has 0 rings (SSSR count). The number of ether oxygens (including phenoxy) is 2. The van der Waals surface area contributed by atoms with Crippen LogP contribution in [0.4, 0.5) is 0 Å². The molecule has 0 aliphatic rings. The van der Waals surface area contributed by atoms with Crippen molar-refractivity contribution in [2.75, 3.05) is 6.61 Å². The SMILES string of the molecule is CC(C)OC(=O)C(CCCCO)C(=O)OC(C)C. The van der Waals surface area contributed by atoms with Crippen LogP contribution in [0.5, 0.6) is 0 Å². The molecule has 0 unspecified atom stereocenters. The van der Waals surface area contributed by atoms with E-state index >= 15 is 0 Å². The van der Waals surface area contributed by atoms with Gasteiger partial charge in [-0.1, -0.05) is 0 Å². The van der Waals surface area contributed by atoms with Crippen molar-refractivity contribution in [3.63, 3.8) is 0 Å². The monoisotopic (exact) mass is 260 g/mol. The smallest absolute Gasteiger partial charge is 0.320 e. The molecule has 0 spiro atoms. The molecule has 0 saturated heterocycles. The summed E-state index contributed by atoms with van der Waals surface area (Å²) in [6, 6.07) is 0. The van der Waals surface area contributed by atoms with Gasteiger partial charge in [0.25, 0.3) is 0 Å². The second-order valence-electron chi connectivity index (χ2n) is 4.74. The number of carbonyl (C=O) groups is 2. The Kier molecular flexibility index (Phi) is 8.37. The normalized spacial score (nSPS) is 11.1. The molecule has 0 aromatic rings. The first-order valence-corrected chi connectivity index (χ1v) is 6.40. The zero-order chi connectivity index (χ0) is 14.1. The molecule has 5 heteroatoms. The molecule has 0 saturated carbocycles. The standard InChI is InChI=1S/C13H24O5/c1-9(2)17-12(15)11(7-5-6-8-14)13(16)18-10(3)4/h9-11,14H,5-8H2,1-4H3. The maximum absolute atomic E-state index is 11.8. The molecule has 0 radical (unpaired) electrons. The Hall–Kier alpha value is -1.10. The van der Waals surface area contributed by atoms with Crippen molar-refractivity contribution in [1.82, 2.24) is 0 Å². The number of aliphatic hydroxyl groups is 1. The summed E-state index contributed by atoms with van der Waals surface area (Å²) in [4.78, 5) is 23.6. The number of hydrogen-bond acceptors (Lipinski definition) is 5. The van der Waals surface area contributed by atoms with E-state index in [1.807, 2.05) is 0 Å². The van der Waals surface area contributed by atoms with Gasteiger partial charge in [0.15, 0.2) is 5.92 Å². The van der Waals surface area contributed by atoms with Gasteiger partial charge < -0.3 is 14.6 Å². The predicted molar refractivity (Wildman–Crippen MR) is 66.9 cm³/mol. The van der Waals surface area contributed by atoms with Gasteiger partial charge in [-0.25, -0.2) is 0 Å². The van der Waals surface area contributed by atoms with Crippen molar-refractivity contribution < 1.29 is 24.2 Å². The zero-order valence-electron chi connectivity index (χ0n) is 11.6. The van der Waals surface area contributed by atoms with Gasteiger partial charge in [0.1, 0.15) is 0 Å². The lowest BCUT2D eigenvalue weighted by molar-refractivity contribution is -0.166. The molecular formula is C13H24O5. The Morgan fingerprint density at radius 2 is 1.39 bits per heavy atom. The van der Waals surface area contributed by atoms with Crippen molar-refractivity contribution in [2.24, 2.45) is 5.92 Å². The van der Waals surface area contributed by atoms with Crippen molar-refractivity contribution in [2.45, 2.75) is 59.2 Å². The number of esters is 2. The Balaban J connectivity index is 4.49. The number of carbonyl (C=O) groups excluding carboxylic acids is 2. The maximum atomic E-state index is 11.8. The largest absolute Gasteiger partial charge is 0.462 e. The minimum atomic E-state index is -0.888. The first kappa shape index (κ1) is 16.9. The number of unbranched alkanes of at least 4 members (excludes halogenated alkanes) is 1. The fourth-order valence-electron chi connectivity index (χ4n) is 1.42. The van der Waals surface area contributed by atoms with Gasteiger partial charge >= 0.3 is 11.9 Å². The molecule has 18 heavy (non-hydrogen) atoms. The molecule has 0 amide bonds. The van der Waals surface area contributed by atoms with Gasteiger partial charge in [-0.3, -0.25) is 9.59 Å². The summed E-state index contributed by atoms with van der Waals surface area (Å²) in [5.41, 5.74) is 0. The van der Waals surface area contributed by atoms with E-state index in [0.717, 1.165) is 0 Å². The summed E-state index contributed by atoms with van der Waals surface area (Å²) < 4.78 is 10.1. The molecular weight excluding hydrogens is 236 g/mol. The van der Waals surface area contributed by atoms with Crippen LogP contribution in [0.3, 0.4) is 0 Å². The van der Waals surface area contributed by atoms with Crippen LogP contribution < -0.4 is 0 Å². The van der Waals surface area contributed by atoms with Crippen LogP contribution in [-0.4, -0.2) is 35.9 Å². The van der Waals surface area contributed by atoms with Crippen molar-refractivity contribution >= 4 is 11.9 Å². The average Bonchev–Trinajstić information content (AvgIpc) is 2.21. The zero-order valence-corrected chi connectivity index (χ0v) is 11.6. The van der Waals surface area contributed by atoms with E-state index in [2.05, 4.69) is 0 Å². The van der Waals surface area contributed by atoms with Crippen molar-refractivity contribution in [1.29, 1.82) is 0 Å². The van der Waals surface area contributed by atoms with Gasteiger partial charge in [0, 0.05) is 6.61 Å². The molecule has 0 aromatic heterocycles. The van der Waals surface area contributed by atoms with E-state index in [1.165, 1.54) is 0 Å². The fourth-order valence-corrected chi connectivity index (χ4v) is 1.42. The summed E-state index contributed by atoms with van der Waals surface area (Å²) in [5.74, 6) is -1.98. The molecule has 5 nitrogen and oxygen atoms in total. The van der Waals surface area contributed by atoms with Gasteiger partial charge in [0.2, 0.25) is 0 Å². The van der Waals surface area contributed by atoms with E-state index in [0.29, 0.717) is 19.3 Å².